The molecule has 17 heavy (non-hydrogen) atoms. The van der Waals surface area contributed by atoms with Gasteiger partial charge in [-0.15, -0.1) is 0 Å². The largest absolute Gasteiger partial charge is 0.378 e. The molecule has 92 valence electrons. The monoisotopic (exact) mass is 232 g/mol. The fraction of sp³-hybridized carbons (Fsp3) is 0.500. The van der Waals surface area contributed by atoms with Gasteiger partial charge in [-0.25, -0.2) is 0 Å². The van der Waals surface area contributed by atoms with Gasteiger partial charge in [0.15, 0.2) is 0 Å². The van der Waals surface area contributed by atoms with Crippen molar-refractivity contribution in [2.45, 2.75) is 19.8 Å². The zero-order valence-corrected chi connectivity index (χ0v) is 10.4. The average molecular weight is 232 g/mol. The smallest absolute Gasteiger partial charge is 0.0646 e. The van der Waals surface area contributed by atoms with Crippen LogP contribution in [0.5, 0.6) is 0 Å². The summed E-state index contributed by atoms with van der Waals surface area (Å²) < 4.78 is 5.39. The van der Waals surface area contributed by atoms with Crippen LogP contribution in [0.15, 0.2) is 30.1 Å². The molecule has 0 N–H and O–H groups in total. The first-order chi connectivity index (χ1) is 8.40. The van der Waals surface area contributed by atoms with Crippen LogP contribution >= 0.6 is 0 Å². The molecule has 2 heterocycles. The van der Waals surface area contributed by atoms with E-state index in [-0.39, 0.29) is 0 Å². The van der Waals surface area contributed by atoms with E-state index in [2.05, 4.69) is 29.0 Å². The Bertz CT molecular complexity index is 356. The van der Waals surface area contributed by atoms with Crippen molar-refractivity contribution >= 4 is 6.08 Å². The van der Waals surface area contributed by atoms with Crippen molar-refractivity contribution in [3.05, 3.63) is 35.8 Å². The van der Waals surface area contributed by atoms with Crippen molar-refractivity contribution < 1.29 is 4.74 Å². The predicted octanol–water partition coefficient (Wildman–Crippen LogP) is 2.55. The van der Waals surface area contributed by atoms with Crippen molar-refractivity contribution in [3.63, 3.8) is 0 Å². The number of aromatic nitrogens is 1. The third kappa shape index (κ3) is 3.56. The Hall–Kier alpha value is -1.35. The highest BCUT2D eigenvalue weighted by Gasteiger charge is 2.13. The predicted molar refractivity (Wildman–Crippen MR) is 69.5 cm³/mol. The first-order valence-electron chi connectivity index (χ1n) is 6.34. The Morgan fingerprint density at radius 1 is 1.41 bits per heavy atom. The third-order valence-corrected chi connectivity index (χ3v) is 2.93. The summed E-state index contributed by atoms with van der Waals surface area (Å²) in [6.07, 6.45) is 6.32. The Balaban J connectivity index is 2.12. The first kappa shape index (κ1) is 12.1. The van der Waals surface area contributed by atoms with Crippen LogP contribution in [-0.4, -0.2) is 36.2 Å². The Morgan fingerprint density at radius 2 is 2.24 bits per heavy atom. The molecule has 3 heteroatoms. The molecule has 2 rings (SSSR count). The van der Waals surface area contributed by atoms with Crippen LogP contribution in [0.25, 0.3) is 6.08 Å². The third-order valence-electron chi connectivity index (χ3n) is 2.93. The number of hydrogen-bond donors (Lipinski definition) is 0. The second-order valence-electron chi connectivity index (χ2n) is 4.24. The topological polar surface area (TPSA) is 25.4 Å². The van der Waals surface area contributed by atoms with Crippen LogP contribution in [-0.2, 0) is 4.74 Å². The number of pyridine rings is 1. The highest BCUT2D eigenvalue weighted by atomic mass is 16.5. The van der Waals surface area contributed by atoms with Crippen molar-refractivity contribution in [2.75, 3.05) is 26.3 Å². The van der Waals surface area contributed by atoms with E-state index in [1.807, 2.05) is 18.3 Å². The lowest BCUT2D eigenvalue weighted by Crippen LogP contribution is -2.35. The standard InChI is InChI=1S/C14H20N2O/c1-2-5-14(16-8-10-17-11-9-16)12-13-6-3-4-7-15-13/h3-4,6-7,12H,2,5,8-11H2,1H3. The van der Waals surface area contributed by atoms with Crippen molar-refractivity contribution in [1.29, 1.82) is 0 Å². The zero-order chi connectivity index (χ0) is 11.9. The minimum Gasteiger partial charge on any atom is -0.378 e. The summed E-state index contributed by atoms with van der Waals surface area (Å²) in [4.78, 5) is 6.78. The second-order valence-corrected chi connectivity index (χ2v) is 4.24. The SMILES string of the molecule is CCCC(=Cc1ccccn1)N1CCOCC1. The second kappa shape index (κ2) is 6.40. The number of allylic oxidation sites excluding steroid dienone is 1. The lowest BCUT2D eigenvalue weighted by atomic mass is 10.2. The molecule has 3 nitrogen and oxygen atoms in total. The van der Waals surface area contributed by atoms with Gasteiger partial charge in [-0.2, -0.15) is 0 Å². The highest BCUT2D eigenvalue weighted by molar-refractivity contribution is 5.48. The average Bonchev–Trinajstić information content (AvgIpc) is 2.40. The van der Waals surface area contributed by atoms with Gasteiger partial charge >= 0.3 is 0 Å². The summed E-state index contributed by atoms with van der Waals surface area (Å²) >= 11 is 0. The number of ether oxygens (including phenoxy) is 1. The molecule has 1 aliphatic heterocycles. The molecular formula is C14H20N2O. The molecule has 0 bridgehead atoms. The van der Waals surface area contributed by atoms with Crippen LogP contribution in [0.4, 0.5) is 0 Å². The molecule has 0 saturated carbocycles. The van der Waals surface area contributed by atoms with Gasteiger partial charge in [0.2, 0.25) is 0 Å². The first-order valence-corrected chi connectivity index (χ1v) is 6.34. The maximum Gasteiger partial charge on any atom is 0.0646 e. The Labute approximate surface area is 103 Å². The molecule has 1 aromatic heterocycles. The molecule has 1 aliphatic rings. The van der Waals surface area contributed by atoms with Crippen LogP contribution in [0, 0.1) is 0 Å². The number of nitrogens with zero attached hydrogens (tertiary/aromatic N) is 2. The van der Waals surface area contributed by atoms with Gasteiger partial charge in [0.05, 0.1) is 18.9 Å². The van der Waals surface area contributed by atoms with Gasteiger partial charge in [0, 0.05) is 25.0 Å². The normalized spacial score (nSPS) is 17.2. The van der Waals surface area contributed by atoms with Gasteiger partial charge in [-0.3, -0.25) is 4.98 Å². The summed E-state index contributed by atoms with van der Waals surface area (Å²) in [6, 6.07) is 6.03. The summed E-state index contributed by atoms with van der Waals surface area (Å²) in [7, 11) is 0. The van der Waals surface area contributed by atoms with Crippen LogP contribution in [0.3, 0.4) is 0 Å². The minimum absolute atomic E-state index is 0.837. The molecule has 0 spiro atoms. The van der Waals surface area contributed by atoms with Gasteiger partial charge < -0.3 is 9.64 Å². The maximum absolute atomic E-state index is 5.39. The van der Waals surface area contributed by atoms with Crippen LogP contribution in [0.1, 0.15) is 25.5 Å². The van der Waals surface area contributed by atoms with E-state index in [1.54, 1.807) is 0 Å². The van der Waals surface area contributed by atoms with E-state index in [1.165, 1.54) is 5.70 Å². The van der Waals surface area contributed by atoms with E-state index in [4.69, 9.17) is 4.74 Å². The maximum atomic E-state index is 5.39. The molecule has 0 radical (unpaired) electrons. The van der Waals surface area contributed by atoms with Gasteiger partial charge in [0.1, 0.15) is 0 Å². The van der Waals surface area contributed by atoms with E-state index >= 15 is 0 Å². The molecule has 0 aromatic carbocycles. The van der Waals surface area contributed by atoms with E-state index in [0.717, 1.165) is 44.8 Å². The molecule has 0 amide bonds. The number of hydrogen-bond acceptors (Lipinski definition) is 3. The molecule has 1 aromatic rings. The minimum atomic E-state index is 0.837. The van der Waals surface area contributed by atoms with Crippen molar-refractivity contribution in [3.8, 4) is 0 Å². The fourth-order valence-corrected chi connectivity index (χ4v) is 2.06. The quantitative estimate of drug-likeness (QED) is 0.797. The van der Waals surface area contributed by atoms with Crippen molar-refractivity contribution in [1.82, 2.24) is 9.88 Å². The molecular weight excluding hydrogens is 212 g/mol. The molecule has 0 aliphatic carbocycles. The molecule has 0 atom stereocenters. The fourth-order valence-electron chi connectivity index (χ4n) is 2.06. The molecule has 1 fully saturated rings. The zero-order valence-electron chi connectivity index (χ0n) is 10.4. The van der Waals surface area contributed by atoms with E-state index in [9.17, 15) is 0 Å². The van der Waals surface area contributed by atoms with Crippen LogP contribution < -0.4 is 0 Å². The summed E-state index contributed by atoms with van der Waals surface area (Å²) in [5, 5.41) is 0. The lowest BCUT2D eigenvalue weighted by Gasteiger charge is -2.31. The Kier molecular flexibility index (Phi) is 4.56. The van der Waals surface area contributed by atoms with Gasteiger partial charge in [-0.1, -0.05) is 19.4 Å². The van der Waals surface area contributed by atoms with Crippen molar-refractivity contribution in [2.24, 2.45) is 0 Å². The molecule has 0 unspecified atom stereocenters. The molecule has 1 saturated heterocycles. The summed E-state index contributed by atoms with van der Waals surface area (Å²) in [6.45, 7) is 5.89. The summed E-state index contributed by atoms with van der Waals surface area (Å²) in [5.74, 6) is 0. The highest BCUT2D eigenvalue weighted by Crippen LogP contribution is 2.16. The Morgan fingerprint density at radius 3 is 2.88 bits per heavy atom. The summed E-state index contributed by atoms with van der Waals surface area (Å²) in [5.41, 5.74) is 2.43. The van der Waals surface area contributed by atoms with E-state index in [0.29, 0.717) is 0 Å². The van der Waals surface area contributed by atoms with Crippen LogP contribution in [0.2, 0.25) is 0 Å². The number of morpholine rings is 1. The van der Waals surface area contributed by atoms with E-state index < -0.39 is 0 Å². The van der Waals surface area contributed by atoms with Gasteiger partial charge in [-0.05, 0) is 24.6 Å². The van der Waals surface area contributed by atoms with Gasteiger partial charge in [0.25, 0.3) is 0 Å². The number of rotatable bonds is 4. The lowest BCUT2D eigenvalue weighted by molar-refractivity contribution is 0.0526.